The maximum absolute atomic E-state index is 2.17. The summed E-state index contributed by atoms with van der Waals surface area (Å²) in [7, 11) is 0. The van der Waals surface area contributed by atoms with Crippen molar-refractivity contribution in [3.05, 3.63) is 12.2 Å². The molecule has 0 N–H and O–H groups in total. The second-order valence-corrected chi connectivity index (χ2v) is 1.77. The van der Waals surface area contributed by atoms with Crippen LogP contribution in [0.1, 0.15) is 35.6 Å². The van der Waals surface area contributed by atoms with Gasteiger partial charge in [-0.1, -0.05) is 40.9 Å². The first-order valence-corrected chi connectivity index (χ1v) is 2.40. The first-order valence-electron chi connectivity index (χ1n) is 2.40. The summed E-state index contributed by atoms with van der Waals surface area (Å²) in [6.07, 6.45) is 4.24. The molecule has 8 heavy (non-hydrogen) atoms. The van der Waals surface area contributed by atoms with Crippen LogP contribution < -0.4 is 0 Å². The van der Waals surface area contributed by atoms with E-state index in [0.717, 1.165) is 5.92 Å². The monoisotopic (exact) mass is 116 g/mol. The second-order valence-electron chi connectivity index (χ2n) is 1.77. The van der Waals surface area contributed by atoms with Crippen molar-refractivity contribution < 1.29 is 0 Å². The third kappa shape index (κ3) is 17.2. The predicted molar refractivity (Wildman–Crippen MR) is 43.1 cm³/mol. The Morgan fingerprint density at radius 2 is 1.50 bits per heavy atom. The Hall–Kier alpha value is -0.260. The molecule has 0 aliphatic rings. The zero-order valence-corrected chi connectivity index (χ0v) is 4.73. The molecule has 0 nitrogen and oxygen atoms in total. The molecule has 0 aromatic heterocycles. The molecule has 0 aliphatic heterocycles. The van der Waals surface area contributed by atoms with E-state index in [2.05, 4.69) is 26.0 Å². The molecule has 52 valence electrons. The van der Waals surface area contributed by atoms with Crippen molar-refractivity contribution in [3.63, 3.8) is 0 Å². The molecule has 0 fully saturated rings. The fourth-order valence-corrected chi connectivity index (χ4v) is 0.385. The van der Waals surface area contributed by atoms with Crippen molar-refractivity contribution in [2.75, 3.05) is 0 Å². The lowest BCUT2D eigenvalue weighted by atomic mass is 10.2. The molecule has 0 bridgehead atoms. The average molecular weight is 116 g/mol. The molecule has 0 saturated carbocycles. The topological polar surface area (TPSA) is 0 Å². The number of allylic oxidation sites excluding steroid dienone is 2. The number of rotatable bonds is 1. The van der Waals surface area contributed by atoms with Crippen LogP contribution in [0.15, 0.2) is 12.2 Å². The van der Waals surface area contributed by atoms with Crippen LogP contribution in [0.3, 0.4) is 0 Å². The smallest absolute Gasteiger partial charge is 0.0291 e. The van der Waals surface area contributed by atoms with Gasteiger partial charge in [-0.25, -0.2) is 0 Å². The van der Waals surface area contributed by atoms with E-state index in [1.54, 1.807) is 0 Å². The Bertz CT molecular complexity index is 42.0. The van der Waals surface area contributed by atoms with Gasteiger partial charge in [-0.05, 0) is 12.8 Å². The Morgan fingerprint density at radius 1 is 1.12 bits per heavy atom. The lowest BCUT2D eigenvalue weighted by molar-refractivity contribution is 0.830. The van der Waals surface area contributed by atoms with E-state index in [1.807, 2.05) is 6.92 Å². The number of hydrogen-bond donors (Lipinski definition) is 0. The van der Waals surface area contributed by atoms with Gasteiger partial charge in [0.1, 0.15) is 0 Å². The van der Waals surface area contributed by atoms with Gasteiger partial charge in [0, 0.05) is 0 Å². The van der Waals surface area contributed by atoms with Gasteiger partial charge < -0.3 is 0 Å². The molecule has 0 rings (SSSR count). The maximum atomic E-state index is 2.17. The van der Waals surface area contributed by atoms with Gasteiger partial charge in [0.25, 0.3) is 0 Å². The minimum absolute atomic E-state index is 0. The van der Waals surface area contributed by atoms with Crippen LogP contribution in [-0.2, 0) is 0 Å². The van der Waals surface area contributed by atoms with Crippen LogP contribution in [-0.4, -0.2) is 0 Å². The third-order valence-electron chi connectivity index (χ3n) is 0.577. The summed E-state index contributed by atoms with van der Waals surface area (Å²) >= 11 is 0. The quantitative estimate of drug-likeness (QED) is 0.460. The molecule has 0 heterocycles. The predicted octanol–water partition coefficient (Wildman–Crippen LogP) is 3.49. The third-order valence-corrected chi connectivity index (χ3v) is 0.577. The van der Waals surface area contributed by atoms with Crippen molar-refractivity contribution in [2.24, 2.45) is 5.92 Å². The highest BCUT2D eigenvalue weighted by Crippen LogP contribution is 1.90. The molecule has 0 saturated heterocycles. The molecule has 0 unspecified atom stereocenters. The molecular formula is C8H20. The van der Waals surface area contributed by atoms with Crippen molar-refractivity contribution in [3.8, 4) is 0 Å². The minimum Gasteiger partial charge on any atom is -0.0914 e. The van der Waals surface area contributed by atoms with Crippen LogP contribution in [0.4, 0.5) is 0 Å². The highest BCUT2D eigenvalue weighted by atomic mass is 13.8. The van der Waals surface area contributed by atoms with E-state index < -0.39 is 0 Å². The van der Waals surface area contributed by atoms with Crippen LogP contribution in [0.2, 0.25) is 0 Å². The highest BCUT2D eigenvalue weighted by Gasteiger charge is 1.76. The van der Waals surface area contributed by atoms with Gasteiger partial charge in [0.15, 0.2) is 0 Å². The lowest BCUT2D eigenvalue weighted by Crippen LogP contribution is -1.73. The van der Waals surface area contributed by atoms with E-state index >= 15 is 0 Å². The molecule has 0 amide bonds. The highest BCUT2D eigenvalue weighted by molar-refractivity contribution is 4.79. The second kappa shape index (κ2) is 9.88. The van der Waals surface area contributed by atoms with E-state index in [-0.39, 0.29) is 14.9 Å². The van der Waals surface area contributed by atoms with Crippen LogP contribution in [0.25, 0.3) is 0 Å². The van der Waals surface area contributed by atoms with Crippen molar-refractivity contribution in [2.45, 2.75) is 35.6 Å². The Kier molecular flexibility index (Phi) is 19.3. The minimum atomic E-state index is 0. The fourth-order valence-electron chi connectivity index (χ4n) is 0.385. The Morgan fingerprint density at radius 3 is 1.50 bits per heavy atom. The molecular weight excluding hydrogens is 96.1 g/mol. The van der Waals surface area contributed by atoms with Crippen LogP contribution >= 0.6 is 0 Å². The zero-order valence-electron chi connectivity index (χ0n) is 4.73. The Labute approximate surface area is 54.6 Å². The van der Waals surface area contributed by atoms with E-state index in [4.69, 9.17) is 0 Å². The first kappa shape index (κ1) is 15.6. The summed E-state index contributed by atoms with van der Waals surface area (Å²) in [5.41, 5.74) is 0. The summed E-state index contributed by atoms with van der Waals surface area (Å²) in [4.78, 5) is 0. The maximum Gasteiger partial charge on any atom is -0.0291 e. The van der Waals surface area contributed by atoms with Crippen LogP contribution in [0, 0.1) is 5.92 Å². The molecule has 0 radical (unpaired) electrons. The normalized spacial score (nSPS) is 8.50. The SMILES string of the molecule is C.C.CC=CC(C)C. The summed E-state index contributed by atoms with van der Waals surface area (Å²) in [6.45, 7) is 6.38. The van der Waals surface area contributed by atoms with E-state index in [0.29, 0.717) is 0 Å². The van der Waals surface area contributed by atoms with E-state index in [1.165, 1.54) is 0 Å². The van der Waals surface area contributed by atoms with Crippen LogP contribution in [0.5, 0.6) is 0 Å². The van der Waals surface area contributed by atoms with Gasteiger partial charge in [-0.2, -0.15) is 0 Å². The fraction of sp³-hybridized carbons (Fsp3) is 0.750. The van der Waals surface area contributed by atoms with Crippen molar-refractivity contribution in [1.29, 1.82) is 0 Å². The van der Waals surface area contributed by atoms with Crippen molar-refractivity contribution >= 4 is 0 Å². The van der Waals surface area contributed by atoms with Gasteiger partial charge in [-0.15, -0.1) is 0 Å². The summed E-state index contributed by atoms with van der Waals surface area (Å²) < 4.78 is 0. The first-order chi connectivity index (χ1) is 2.77. The summed E-state index contributed by atoms with van der Waals surface area (Å²) in [5.74, 6) is 0.718. The summed E-state index contributed by atoms with van der Waals surface area (Å²) in [6, 6.07) is 0. The Balaban J connectivity index is -0.000000125. The molecule has 0 aliphatic carbocycles. The molecule has 0 aromatic carbocycles. The van der Waals surface area contributed by atoms with Gasteiger partial charge in [0.2, 0.25) is 0 Å². The summed E-state index contributed by atoms with van der Waals surface area (Å²) in [5, 5.41) is 0. The lowest BCUT2D eigenvalue weighted by Gasteiger charge is -1.86. The van der Waals surface area contributed by atoms with E-state index in [9.17, 15) is 0 Å². The van der Waals surface area contributed by atoms with Gasteiger partial charge in [0.05, 0.1) is 0 Å². The molecule has 0 aromatic rings. The molecule has 0 heteroatoms. The molecule has 0 spiro atoms. The van der Waals surface area contributed by atoms with Crippen molar-refractivity contribution in [1.82, 2.24) is 0 Å². The van der Waals surface area contributed by atoms with Gasteiger partial charge >= 0.3 is 0 Å². The van der Waals surface area contributed by atoms with Gasteiger partial charge in [-0.3, -0.25) is 0 Å². The largest absolute Gasteiger partial charge is 0.0914 e. The molecule has 0 atom stereocenters. The number of hydrogen-bond acceptors (Lipinski definition) is 0. The zero-order chi connectivity index (χ0) is 4.99. The average Bonchev–Trinajstić information content (AvgIpc) is 1.35. The standard InChI is InChI=1S/C6H12.2CH4/c1-4-5-6(2)3;;/h4-6H,1-3H3;2*1H4.